The second kappa shape index (κ2) is 36.4. The Morgan fingerprint density at radius 1 is 0.522 bits per heavy atom. The standard InChI is InChI=1S/C40H68N4O10.C26H50N4O6/c1-12-51-32-15-13-31(14-16-32)17-26-50-30-33(37(48)49-11)44-24-22-42(28-35(46)53-39(5,6)7)20-18-41(27-34(45)52-38(2,3)4)19-21-43(23-25-44)29-36(47)54-40(8,9)10;1-23(2,3)20(21(33)34)29-15-14-28(18-19(31)32)12-10-27-11-13-30(17-16-29)26(22(35)36,24(4,5)6)25(7,8)9/h13-16,33H,12,17-30H2,1-11H3;20,27H,10-18H2,1-9H3,(H,31,32)(H,33,34)(H,35,36). The zero-order valence-corrected chi connectivity index (χ0v) is 58.7. The lowest BCUT2D eigenvalue weighted by molar-refractivity contribution is -0.176. The van der Waals surface area contributed by atoms with E-state index in [0.717, 1.165) is 11.3 Å². The number of benzene rings is 1. The van der Waals surface area contributed by atoms with E-state index < -0.39 is 74.5 Å². The maximum absolute atomic E-state index is 13.3. The van der Waals surface area contributed by atoms with Crippen LogP contribution in [0.15, 0.2) is 24.3 Å². The van der Waals surface area contributed by atoms with E-state index in [1.165, 1.54) is 7.11 Å². The highest BCUT2D eigenvalue weighted by molar-refractivity contribution is 5.81. The molecule has 2 atom stereocenters. The number of carboxylic acids is 3. The highest BCUT2D eigenvalue weighted by Crippen LogP contribution is 2.48. The minimum Gasteiger partial charge on any atom is -0.494 e. The molecule has 2 fully saturated rings. The molecule has 0 radical (unpaired) electrons. The summed E-state index contributed by atoms with van der Waals surface area (Å²) >= 11 is 0. The van der Waals surface area contributed by atoms with Gasteiger partial charge in [-0.3, -0.25) is 67.9 Å². The molecule has 24 nitrogen and oxygen atoms in total. The van der Waals surface area contributed by atoms with Crippen LogP contribution < -0.4 is 10.1 Å². The molecule has 2 saturated heterocycles. The second-order valence-electron chi connectivity index (χ2n) is 29.6. The molecule has 0 bridgehead atoms. The lowest BCUT2D eigenvalue weighted by Gasteiger charge is -2.56. The summed E-state index contributed by atoms with van der Waals surface area (Å²) in [6, 6.07) is 6.29. The average molecular weight is 1280 g/mol. The van der Waals surface area contributed by atoms with Gasteiger partial charge in [0.15, 0.2) is 0 Å². The monoisotopic (exact) mass is 1280 g/mol. The van der Waals surface area contributed by atoms with Crippen molar-refractivity contribution in [3.05, 3.63) is 29.8 Å². The molecule has 0 aromatic heterocycles. The van der Waals surface area contributed by atoms with Crippen LogP contribution in [0, 0.1) is 16.2 Å². The van der Waals surface area contributed by atoms with Gasteiger partial charge >= 0.3 is 41.8 Å². The highest BCUT2D eigenvalue weighted by atomic mass is 16.6. The van der Waals surface area contributed by atoms with E-state index in [0.29, 0.717) is 124 Å². The second-order valence-corrected chi connectivity index (χ2v) is 29.6. The Balaban J connectivity index is 0.000000666. The minimum absolute atomic E-state index is 0.0254. The van der Waals surface area contributed by atoms with Crippen molar-refractivity contribution in [1.82, 2.24) is 39.6 Å². The van der Waals surface area contributed by atoms with Gasteiger partial charge < -0.3 is 49.1 Å². The molecule has 2 unspecified atom stereocenters. The molecule has 1 aromatic carbocycles. The SMILES string of the molecule is CC(C)(C)C(C(=O)O)N1CCN(CC(=O)O)CCNCCN(C(C(=O)O)(C(C)(C)C)C(C)(C)C)CC1.CCOc1ccc(CCOCC(C(=O)OC)N2CCN(CC(=O)OC(C)(C)C)CCN(CC(=O)OC(C)(C)C)CCN(CC(=O)OC(C)(C)C)CC2)cc1. The van der Waals surface area contributed by atoms with E-state index in [9.17, 15) is 48.9 Å². The van der Waals surface area contributed by atoms with Crippen molar-refractivity contribution >= 4 is 41.8 Å². The van der Waals surface area contributed by atoms with Crippen molar-refractivity contribution in [1.29, 1.82) is 0 Å². The Labute approximate surface area is 538 Å². The number of ether oxygens (including phenoxy) is 6. The lowest BCUT2D eigenvalue weighted by Crippen LogP contribution is -2.71. The van der Waals surface area contributed by atoms with Gasteiger partial charge in [-0.1, -0.05) is 74.4 Å². The molecule has 4 N–H and O–H groups in total. The van der Waals surface area contributed by atoms with Gasteiger partial charge in [-0.2, -0.15) is 0 Å². The van der Waals surface area contributed by atoms with Crippen molar-refractivity contribution in [2.24, 2.45) is 16.2 Å². The number of rotatable bonds is 21. The van der Waals surface area contributed by atoms with E-state index in [4.69, 9.17) is 28.4 Å². The number of nitrogens with zero attached hydrogens (tertiary/aromatic N) is 7. The van der Waals surface area contributed by atoms with Crippen molar-refractivity contribution in [2.75, 3.05) is 158 Å². The topological polar surface area (TPSA) is 270 Å². The number of methoxy groups -OCH3 is 1. The van der Waals surface area contributed by atoms with E-state index in [1.54, 1.807) is 0 Å². The van der Waals surface area contributed by atoms with Crippen LogP contribution in [0.5, 0.6) is 5.75 Å². The molecule has 0 amide bonds. The van der Waals surface area contributed by atoms with Crippen LogP contribution in [-0.4, -0.2) is 284 Å². The predicted molar refractivity (Wildman–Crippen MR) is 347 cm³/mol. The number of hydrogen-bond donors (Lipinski definition) is 4. The lowest BCUT2D eigenvalue weighted by atomic mass is 9.59. The first kappa shape index (κ1) is 81.0. The van der Waals surface area contributed by atoms with Crippen LogP contribution in [0.25, 0.3) is 0 Å². The summed E-state index contributed by atoms with van der Waals surface area (Å²) < 4.78 is 33.9. The number of aliphatic carboxylic acids is 3. The summed E-state index contributed by atoms with van der Waals surface area (Å²) in [5, 5.41) is 33.6. The molecule has 2 heterocycles. The molecule has 0 saturated carbocycles. The predicted octanol–water partition coefficient (Wildman–Crippen LogP) is 5.43. The Morgan fingerprint density at radius 3 is 1.29 bits per heavy atom. The van der Waals surface area contributed by atoms with Crippen LogP contribution in [0.3, 0.4) is 0 Å². The van der Waals surface area contributed by atoms with Gasteiger partial charge in [0, 0.05) is 105 Å². The van der Waals surface area contributed by atoms with Crippen molar-refractivity contribution in [3.63, 3.8) is 0 Å². The Bertz CT molecular complexity index is 2330. The first-order valence-electron chi connectivity index (χ1n) is 32.0. The third kappa shape index (κ3) is 29.3. The highest BCUT2D eigenvalue weighted by Gasteiger charge is 2.60. The van der Waals surface area contributed by atoms with Gasteiger partial charge in [0.2, 0.25) is 0 Å². The summed E-state index contributed by atoms with van der Waals surface area (Å²) in [4.78, 5) is 103. The van der Waals surface area contributed by atoms with Crippen LogP contribution in [0.1, 0.15) is 137 Å². The molecule has 90 heavy (non-hydrogen) atoms. The third-order valence-corrected chi connectivity index (χ3v) is 15.4. The van der Waals surface area contributed by atoms with E-state index in [2.05, 4.69) is 5.32 Å². The third-order valence-electron chi connectivity index (χ3n) is 15.4. The van der Waals surface area contributed by atoms with Crippen molar-refractivity contribution < 1.29 is 77.3 Å². The number of carbonyl (C=O) groups excluding carboxylic acids is 4. The summed E-state index contributed by atoms with van der Waals surface area (Å²) in [5.74, 6) is -3.49. The van der Waals surface area contributed by atoms with Crippen LogP contribution >= 0.6 is 0 Å². The number of carboxylic acid groups (broad SMARTS) is 3. The molecular weight excluding hydrogens is 1160 g/mol. The number of carbonyl (C=O) groups is 7. The first-order chi connectivity index (χ1) is 41.4. The molecule has 24 heteroatoms. The fourth-order valence-corrected chi connectivity index (χ4v) is 12.1. The van der Waals surface area contributed by atoms with E-state index >= 15 is 0 Å². The summed E-state index contributed by atoms with van der Waals surface area (Å²) in [6.45, 7) is 43.6. The normalized spacial score (nSPS) is 18.4. The number of nitrogens with one attached hydrogen (secondary N) is 1. The van der Waals surface area contributed by atoms with Gasteiger partial charge in [0.05, 0.1) is 53.1 Å². The Kier molecular flexibility index (Phi) is 32.8. The zero-order chi connectivity index (χ0) is 68.6. The molecule has 2 aliphatic heterocycles. The Hall–Kier alpha value is -5.05. The molecule has 518 valence electrons. The molecule has 0 aliphatic carbocycles. The summed E-state index contributed by atoms with van der Waals surface area (Å²) in [5.41, 5.74) is -3.91. The number of hydrogen-bond acceptors (Lipinski definition) is 21. The van der Waals surface area contributed by atoms with Gasteiger partial charge in [-0.15, -0.1) is 0 Å². The zero-order valence-electron chi connectivity index (χ0n) is 58.7. The first-order valence-corrected chi connectivity index (χ1v) is 32.0. The number of esters is 4. The van der Waals surface area contributed by atoms with E-state index in [1.807, 2.05) is 190 Å². The molecule has 2 aliphatic rings. The Morgan fingerprint density at radius 2 is 0.922 bits per heavy atom. The summed E-state index contributed by atoms with van der Waals surface area (Å²) in [6.07, 6.45) is 0.646. The molecule has 0 spiro atoms. The maximum atomic E-state index is 13.3. The summed E-state index contributed by atoms with van der Waals surface area (Å²) in [7, 11) is 1.36. The van der Waals surface area contributed by atoms with Gasteiger partial charge in [-0.05, 0) is 110 Å². The smallest absolute Gasteiger partial charge is 0.325 e. The fourth-order valence-electron chi connectivity index (χ4n) is 12.1. The average Bonchev–Trinajstić information content (AvgIpc) is 0.735. The molecule has 1 aromatic rings. The van der Waals surface area contributed by atoms with Gasteiger partial charge in [-0.25, -0.2) is 0 Å². The fraction of sp³-hybridized carbons (Fsp3) is 0.803. The quantitative estimate of drug-likeness (QED) is 0.0679. The van der Waals surface area contributed by atoms with Crippen molar-refractivity contribution in [2.45, 2.75) is 172 Å². The maximum Gasteiger partial charge on any atom is 0.325 e. The molecule has 3 rings (SSSR count). The largest absolute Gasteiger partial charge is 0.494 e. The minimum atomic E-state index is -1.22. The van der Waals surface area contributed by atoms with Gasteiger partial charge in [0.1, 0.15) is 40.2 Å². The van der Waals surface area contributed by atoms with Crippen LogP contribution in [0.4, 0.5) is 0 Å². The van der Waals surface area contributed by atoms with Gasteiger partial charge in [0.25, 0.3) is 0 Å². The van der Waals surface area contributed by atoms with Crippen LogP contribution in [0.2, 0.25) is 0 Å². The molecular formula is C66H118N8O16. The van der Waals surface area contributed by atoms with E-state index in [-0.39, 0.29) is 50.7 Å². The van der Waals surface area contributed by atoms with Crippen molar-refractivity contribution in [3.8, 4) is 5.75 Å². The van der Waals surface area contributed by atoms with Crippen LogP contribution in [-0.2, 0) is 63.7 Å².